The second kappa shape index (κ2) is 6.20. The summed E-state index contributed by atoms with van der Waals surface area (Å²) in [4.78, 5) is 16.9. The molecule has 1 N–H and O–H groups in total. The Balaban J connectivity index is 1.85. The van der Waals surface area contributed by atoms with E-state index in [0.717, 1.165) is 23.3 Å². The molecule has 0 saturated carbocycles. The number of fused-ring (bicyclic) bond motifs is 1. The number of rotatable bonds is 4. The van der Waals surface area contributed by atoms with Gasteiger partial charge in [-0.1, -0.05) is 42.8 Å². The highest BCUT2D eigenvalue weighted by molar-refractivity contribution is 6.31. The minimum atomic E-state index is -0.191. The lowest BCUT2D eigenvalue weighted by Crippen LogP contribution is -2.23. The maximum absolute atomic E-state index is 12.4. The monoisotopic (exact) mass is 313 g/mol. The highest BCUT2D eigenvalue weighted by Gasteiger charge is 2.16. The van der Waals surface area contributed by atoms with Crippen molar-refractivity contribution in [1.82, 2.24) is 14.7 Å². The maximum atomic E-state index is 12.4. The molecule has 0 spiro atoms. The van der Waals surface area contributed by atoms with Gasteiger partial charge in [0.05, 0.1) is 5.52 Å². The van der Waals surface area contributed by atoms with Gasteiger partial charge in [0.1, 0.15) is 5.82 Å². The van der Waals surface area contributed by atoms with Gasteiger partial charge < -0.3 is 9.72 Å². The number of nitrogens with zero attached hydrogens (tertiary/aromatic N) is 2. The van der Waals surface area contributed by atoms with Gasteiger partial charge >= 0.3 is 0 Å². The molecule has 1 amide bonds. The van der Waals surface area contributed by atoms with E-state index < -0.39 is 0 Å². The molecule has 0 fully saturated rings. The first-order valence-corrected chi connectivity index (χ1v) is 7.56. The van der Waals surface area contributed by atoms with Crippen LogP contribution in [0.1, 0.15) is 28.8 Å². The van der Waals surface area contributed by atoms with E-state index in [-0.39, 0.29) is 5.91 Å². The van der Waals surface area contributed by atoms with Crippen molar-refractivity contribution in [3.8, 4) is 0 Å². The number of aromatic nitrogens is 2. The third kappa shape index (κ3) is 2.70. The normalized spacial score (nSPS) is 10.8. The first kappa shape index (κ1) is 14.6. The SMILES string of the molecule is CCc1nc(C(=O)NCc2ccccc2Cl)c2ccccn12. The van der Waals surface area contributed by atoms with Crippen LogP contribution in [0.2, 0.25) is 5.02 Å². The molecule has 3 rings (SSSR count). The number of nitrogens with one attached hydrogen (secondary N) is 1. The maximum Gasteiger partial charge on any atom is 0.272 e. The van der Waals surface area contributed by atoms with Crippen molar-refractivity contribution in [2.75, 3.05) is 0 Å². The average Bonchev–Trinajstić information content (AvgIpc) is 2.93. The minimum Gasteiger partial charge on any atom is -0.346 e. The van der Waals surface area contributed by atoms with Crippen molar-refractivity contribution in [2.24, 2.45) is 0 Å². The van der Waals surface area contributed by atoms with E-state index in [0.29, 0.717) is 17.3 Å². The van der Waals surface area contributed by atoms with Gasteiger partial charge in [-0.15, -0.1) is 0 Å². The molecule has 0 aliphatic heterocycles. The third-order valence-electron chi connectivity index (χ3n) is 3.55. The summed E-state index contributed by atoms with van der Waals surface area (Å²) in [5, 5.41) is 3.53. The number of carbonyl (C=O) groups excluding carboxylic acids is 1. The fourth-order valence-corrected chi connectivity index (χ4v) is 2.62. The number of hydrogen-bond donors (Lipinski definition) is 1. The van der Waals surface area contributed by atoms with Gasteiger partial charge in [-0.3, -0.25) is 4.79 Å². The van der Waals surface area contributed by atoms with Crippen molar-refractivity contribution in [2.45, 2.75) is 19.9 Å². The summed E-state index contributed by atoms with van der Waals surface area (Å²) < 4.78 is 1.95. The molecule has 0 bridgehead atoms. The Labute approximate surface area is 133 Å². The second-order valence-electron chi connectivity index (χ2n) is 4.96. The van der Waals surface area contributed by atoms with Crippen molar-refractivity contribution < 1.29 is 4.79 Å². The predicted molar refractivity (Wildman–Crippen MR) is 87.2 cm³/mol. The van der Waals surface area contributed by atoms with Gasteiger partial charge in [0.25, 0.3) is 5.91 Å². The number of halogens is 1. The van der Waals surface area contributed by atoms with Crippen LogP contribution in [0.25, 0.3) is 5.52 Å². The zero-order valence-corrected chi connectivity index (χ0v) is 13.0. The number of imidazole rings is 1. The first-order valence-electron chi connectivity index (χ1n) is 7.18. The highest BCUT2D eigenvalue weighted by Crippen LogP contribution is 2.16. The van der Waals surface area contributed by atoms with E-state index in [1.807, 2.05) is 60.0 Å². The molecule has 22 heavy (non-hydrogen) atoms. The molecule has 3 aromatic rings. The number of benzene rings is 1. The van der Waals surface area contributed by atoms with Crippen molar-refractivity contribution >= 4 is 23.0 Å². The minimum absolute atomic E-state index is 0.191. The topological polar surface area (TPSA) is 46.4 Å². The Morgan fingerprint density at radius 3 is 2.77 bits per heavy atom. The van der Waals surface area contributed by atoms with E-state index in [9.17, 15) is 4.79 Å². The largest absolute Gasteiger partial charge is 0.346 e. The van der Waals surface area contributed by atoms with Crippen LogP contribution in [-0.4, -0.2) is 15.3 Å². The lowest BCUT2D eigenvalue weighted by molar-refractivity contribution is 0.0948. The predicted octanol–water partition coefficient (Wildman–Crippen LogP) is 3.48. The van der Waals surface area contributed by atoms with Crippen LogP contribution in [0.15, 0.2) is 48.7 Å². The molecule has 0 unspecified atom stereocenters. The van der Waals surface area contributed by atoms with Gasteiger partial charge in [0.15, 0.2) is 5.69 Å². The summed E-state index contributed by atoms with van der Waals surface area (Å²) in [7, 11) is 0. The van der Waals surface area contributed by atoms with Gasteiger partial charge in [-0.05, 0) is 23.8 Å². The van der Waals surface area contributed by atoms with Gasteiger partial charge in [-0.2, -0.15) is 0 Å². The van der Waals surface area contributed by atoms with Crippen LogP contribution in [0, 0.1) is 0 Å². The fraction of sp³-hybridized carbons (Fsp3) is 0.176. The molecule has 0 aliphatic rings. The van der Waals surface area contributed by atoms with Gasteiger partial charge in [-0.25, -0.2) is 4.98 Å². The Bertz CT molecular complexity index is 826. The smallest absolute Gasteiger partial charge is 0.272 e. The summed E-state index contributed by atoms with van der Waals surface area (Å²) in [5.74, 6) is 0.682. The van der Waals surface area contributed by atoms with E-state index >= 15 is 0 Å². The third-order valence-corrected chi connectivity index (χ3v) is 3.92. The molecule has 0 atom stereocenters. The van der Waals surface area contributed by atoms with E-state index in [4.69, 9.17) is 11.6 Å². The van der Waals surface area contributed by atoms with Crippen LogP contribution in [0.5, 0.6) is 0 Å². The van der Waals surface area contributed by atoms with Crippen LogP contribution in [0.3, 0.4) is 0 Å². The number of amides is 1. The first-order chi connectivity index (χ1) is 10.7. The van der Waals surface area contributed by atoms with E-state index in [2.05, 4.69) is 10.3 Å². The summed E-state index contributed by atoms with van der Waals surface area (Å²) in [5.41, 5.74) is 2.15. The number of hydrogen-bond acceptors (Lipinski definition) is 2. The van der Waals surface area contributed by atoms with E-state index in [1.165, 1.54) is 0 Å². The second-order valence-corrected chi connectivity index (χ2v) is 5.37. The fourth-order valence-electron chi connectivity index (χ4n) is 2.42. The van der Waals surface area contributed by atoms with Crippen LogP contribution in [-0.2, 0) is 13.0 Å². The highest BCUT2D eigenvalue weighted by atomic mass is 35.5. The zero-order chi connectivity index (χ0) is 15.5. The molecule has 112 valence electrons. The molecule has 2 heterocycles. The molecule has 0 aliphatic carbocycles. The Morgan fingerprint density at radius 2 is 2.00 bits per heavy atom. The molecule has 2 aromatic heterocycles. The van der Waals surface area contributed by atoms with Crippen LogP contribution in [0.4, 0.5) is 0 Å². The van der Waals surface area contributed by atoms with Crippen molar-refractivity contribution in [3.05, 3.63) is 70.8 Å². The lowest BCUT2D eigenvalue weighted by Gasteiger charge is -2.05. The summed E-state index contributed by atoms with van der Waals surface area (Å²) in [6.07, 6.45) is 2.69. The summed E-state index contributed by atoms with van der Waals surface area (Å²) in [6.45, 7) is 2.40. The number of carbonyl (C=O) groups is 1. The Hall–Kier alpha value is -2.33. The molecule has 4 nitrogen and oxygen atoms in total. The molecule has 0 radical (unpaired) electrons. The molecule has 0 saturated heterocycles. The zero-order valence-electron chi connectivity index (χ0n) is 12.2. The number of pyridine rings is 1. The molecule has 5 heteroatoms. The molecular formula is C17H16ClN3O. The number of aryl methyl sites for hydroxylation is 1. The Kier molecular flexibility index (Phi) is 4.11. The van der Waals surface area contributed by atoms with Gasteiger partial charge in [0, 0.05) is 24.2 Å². The lowest BCUT2D eigenvalue weighted by atomic mass is 10.2. The molecular weight excluding hydrogens is 298 g/mol. The molecule has 1 aromatic carbocycles. The summed E-state index contributed by atoms with van der Waals surface area (Å²) >= 11 is 6.10. The van der Waals surface area contributed by atoms with Crippen LogP contribution < -0.4 is 5.32 Å². The Morgan fingerprint density at radius 1 is 1.23 bits per heavy atom. The standard InChI is InChI=1S/C17H16ClN3O/c1-2-15-20-16(14-9-5-6-10-21(14)15)17(22)19-11-12-7-3-4-8-13(12)18/h3-10H,2,11H2,1H3,(H,19,22). The van der Waals surface area contributed by atoms with Gasteiger partial charge in [0.2, 0.25) is 0 Å². The van der Waals surface area contributed by atoms with Crippen molar-refractivity contribution in [3.63, 3.8) is 0 Å². The average molecular weight is 314 g/mol. The summed E-state index contributed by atoms with van der Waals surface area (Å²) in [6, 6.07) is 13.2. The quantitative estimate of drug-likeness (QED) is 0.801. The van der Waals surface area contributed by atoms with E-state index in [1.54, 1.807) is 0 Å². The van der Waals surface area contributed by atoms with Crippen LogP contribution >= 0.6 is 11.6 Å². The van der Waals surface area contributed by atoms with Crippen molar-refractivity contribution in [1.29, 1.82) is 0 Å².